The summed E-state index contributed by atoms with van der Waals surface area (Å²) >= 11 is 0. The second-order valence-corrected chi connectivity index (χ2v) is 7.66. The number of aryl methyl sites for hydroxylation is 1. The number of rotatable bonds is 7. The van der Waals surface area contributed by atoms with E-state index in [9.17, 15) is 18.0 Å². The molecule has 0 fully saturated rings. The Morgan fingerprint density at radius 2 is 1.68 bits per heavy atom. The van der Waals surface area contributed by atoms with Crippen molar-refractivity contribution in [1.82, 2.24) is 4.72 Å². The van der Waals surface area contributed by atoms with Gasteiger partial charge >= 0.3 is 0 Å². The molecule has 0 radical (unpaired) electrons. The van der Waals surface area contributed by atoms with Gasteiger partial charge in [0.05, 0.1) is 23.0 Å². The molecule has 6 nitrogen and oxygen atoms in total. The number of ketones is 1. The maximum atomic E-state index is 13.2. The highest BCUT2D eigenvalue weighted by Gasteiger charge is 2.25. The van der Waals surface area contributed by atoms with Crippen LogP contribution in [0.5, 0.6) is 0 Å². The van der Waals surface area contributed by atoms with Crippen LogP contribution in [0.2, 0.25) is 0 Å². The molecule has 0 saturated heterocycles. The molecule has 0 spiro atoms. The van der Waals surface area contributed by atoms with Crippen LogP contribution in [0.3, 0.4) is 0 Å². The van der Waals surface area contributed by atoms with Gasteiger partial charge < -0.3 is 4.42 Å². The monoisotopic (exact) mass is 395 g/mol. The number of sulfonamides is 1. The molecule has 3 aromatic rings. The summed E-state index contributed by atoms with van der Waals surface area (Å²) in [7, 11) is -4.09. The normalized spacial score (nSPS) is 12.2. The molecule has 1 N–H and O–H groups in total. The number of benzene rings is 2. The fraction of sp³-hybridized carbons (Fsp3) is 0.0476. The largest absolute Gasteiger partial charge is 0.472 e. The number of carbonyl (C=O) groups is 2. The first-order valence-electron chi connectivity index (χ1n) is 8.34. The topological polar surface area (TPSA) is 93.5 Å². The lowest BCUT2D eigenvalue weighted by Crippen LogP contribution is -2.29. The predicted molar refractivity (Wildman–Crippen MR) is 104 cm³/mol. The van der Waals surface area contributed by atoms with E-state index in [0.717, 1.165) is 0 Å². The van der Waals surface area contributed by atoms with E-state index in [4.69, 9.17) is 4.42 Å². The zero-order valence-electron chi connectivity index (χ0n) is 15.0. The summed E-state index contributed by atoms with van der Waals surface area (Å²) in [4.78, 5) is 25.0. The van der Waals surface area contributed by atoms with Crippen molar-refractivity contribution in [3.8, 4) is 0 Å². The van der Waals surface area contributed by atoms with E-state index < -0.39 is 15.8 Å². The van der Waals surface area contributed by atoms with Crippen LogP contribution in [0, 0.1) is 6.92 Å². The van der Waals surface area contributed by atoms with Gasteiger partial charge in [-0.15, -0.1) is 0 Å². The Morgan fingerprint density at radius 3 is 2.29 bits per heavy atom. The van der Waals surface area contributed by atoms with Crippen LogP contribution in [0.4, 0.5) is 0 Å². The summed E-state index contributed by atoms with van der Waals surface area (Å²) in [6, 6.07) is 15.8. The van der Waals surface area contributed by atoms with Crippen molar-refractivity contribution in [2.24, 2.45) is 0 Å². The third-order valence-corrected chi connectivity index (χ3v) is 5.49. The molecule has 2 aromatic carbocycles. The molecular weight excluding hydrogens is 378 g/mol. The number of hydrogen-bond acceptors (Lipinski definition) is 5. The summed E-state index contributed by atoms with van der Waals surface area (Å²) in [6.45, 7) is 1.73. The molecule has 142 valence electrons. The quantitative estimate of drug-likeness (QED) is 0.376. The number of hydrogen-bond donors (Lipinski definition) is 1. The minimum atomic E-state index is -4.09. The molecule has 3 rings (SSSR count). The SMILES string of the molecule is Cc1ccccc1C(=O)/C(NS(=O)(=O)c1ccccc1)=C(\C=O)c1ccoc1. The van der Waals surface area contributed by atoms with E-state index in [0.29, 0.717) is 17.4 Å². The van der Waals surface area contributed by atoms with Crippen LogP contribution < -0.4 is 4.72 Å². The van der Waals surface area contributed by atoms with Crippen molar-refractivity contribution in [3.63, 3.8) is 0 Å². The van der Waals surface area contributed by atoms with Gasteiger partial charge in [0, 0.05) is 11.1 Å². The highest BCUT2D eigenvalue weighted by molar-refractivity contribution is 7.89. The minimum absolute atomic E-state index is 0.0254. The van der Waals surface area contributed by atoms with Crippen LogP contribution in [-0.4, -0.2) is 20.5 Å². The van der Waals surface area contributed by atoms with Crippen LogP contribution in [0.15, 0.2) is 88.2 Å². The van der Waals surface area contributed by atoms with Gasteiger partial charge in [-0.05, 0) is 30.7 Å². The second kappa shape index (κ2) is 8.06. The summed E-state index contributed by atoms with van der Waals surface area (Å²) < 4.78 is 32.9. The van der Waals surface area contributed by atoms with Gasteiger partial charge in [-0.3, -0.25) is 14.3 Å². The first-order chi connectivity index (χ1) is 13.4. The molecule has 0 atom stereocenters. The standard InChI is InChI=1S/C21H17NO5S/c1-15-7-5-6-10-18(15)21(24)20(19(13-23)16-11-12-27-14-16)22-28(25,26)17-8-3-2-4-9-17/h2-14,22H,1H3/b20-19-. The molecule has 1 aromatic heterocycles. The molecule has 0 aliphatic heterocycles. The minimum Gasteiger partial charge on any atom is -0.472 e. The van der Waals surface area contributed by atoms with Gasteiger partial charge in [-0.1, -0.05) is 42.5 Å². The van der Waals surface area contributed by atoms with Crippen molar-refractivity contribution in [2.45, 2.75) is 11.8 Å². The zero-order chi connectivity index (χ0) is 20.1. The Morgan fingerprint density at radius 1 is 1.00 bits per heavy atom. The first kappa shape index (κ1) is 19.3. The lowest BCUT2D eigenvalue weighted by Gasteiger charge is -2.14. The average Bonchev–Trinajstić information content (AvgIpc) is 3.23. The van der Waals surface area contributed by atoms with Crippen LogP contribution in [-0.2, 0) is 14.8 Å². The number of allylic oxidation sites excluding steroid dienone is 2. The first-order valence-corrected chi connectivity index (χ1v) is 9.82. The Bertz CT molecular complexity index is 1130. The number of aldehydes is 1. The number of carbonyl (C=O) groups excluding carboxylic acids is 2. The zero-order valence-corrected chi connectivity index (χ0v) is 15.8. The van der Waals surface area contributed by atoms with Crippen LogP contribution >= 0.6 is 0 Å². The number of furan rings is 1. The van der Waals surface area contributed by atoms with E-state index >= 15 is 0 Å². The molecule has 0 unspecified atom stereocenters. The fourth-order valence-electron chi connectivity index (χ4n) is 2.67. The molecule has 0 aliphatic carbocycles. The van der Waals surface area contributed by atoms with Crippen molar-refractivity contribution >= 4 is 27.7 Å². The van der Waals surface area contributed by atoms with E-state index in [1.54, 1.807) is 49.4 Å². The van der Waals surface area contributed by atoms with E-state index in [1.807, 2.05) is 0 Å². The predicted octanol–water partition coefficient (Wildman–Crippen LogP) is 3.36. The summed E-state index contributed by atoms with van der Waals surface area (Å²) in [5, 5.41) is 0. The third kappa shape index (κ3) is 3.94. The molecular formula is C21H17NO5S. The fourth-order valence-corrected chi connectivity index (χ4v) is 3.77. The lowest BCUT2D eigenvalue weighted by molar-refractivity contribution is -0.103. The summed E-state index contributed by atoms with van der Waals surface area (Å²) in [5.74, 6) is -0.610. The molecule has 0 amide bonds. The lowest BCUT2D eigenvalue weighted by atomic mass is 9.98. The number of Topliss-reactive ketones (excluding diaryl/α,β-unsaturated/α-hetero) is 1. The van der Waals surface area contributed by atoms with Gasteiger partial charge in [-0.2, -0.15) is 0 Å². The van der Waals surface area contributed by atoms with E-state index in [-0.39, 0.29) is 21.7 Å². The maximum Gasteiger partial charge on any atom is 0.262 e. The molecule has 28 heavy (non-hydrogen) atoms. The molecule has 0 bridgehead atoms. The maximum absolute atomic E-state index is 13.2. The van der Waals surface area contributed by atoms with Crippen molar-refractivity contribution < 1.29 is 22.4 Å². The third-order valence-electron chi connectivity index (χ3n) is 4.13. The smallest absolute Gasteiger partial charge is 0.262 e. The highest BCUT2D eigenvalue weighted by Crippen LogP contribution is 2.22. The van der Waals surface area contributed by atoms with Gasteiger partial charge in [0.15, 0.2) is 6.29 Å². The Hall–Kier alpha value is -3.45. The van der Waals surface area contributed by atoms with Crippen LogP contribution in [0.1, 0.15) is 21.5 Å². The van der Waals surface area contributed by atoms with Gasteiger partial charge in [0.25, 0.3) is 10.0 Å². The Kier molecular flexibility index (Phi) is 5.56. The van der Waals surface area contributed by atoms with Crippen molar-refractivity contribution in [3.05, 3.63) is 95.6 Å². The summed E-state index contributed by atoms with van der Waals surface area (Å²) in [5.41, 5.74) is 0.788. The van der Waals surface area contributed by atoms with E-state index in [2.05, 4.69) is 4.72 Å². The molecule has 7 heteroatoms. The van der Waals surface area contributed by atoms with Crippen LogP contribution in [0.25, 0.3) is 5.57 Å². The Labute approximate surface area is 162 Å². The van der Waals surface area contributed by atoms with Crippen molar-refractivity contribution in [2.75, 3.05) is 0 Å². The molecule has 1 heterocycles. The van der Waals surface area contributed by atoms with E-state index in [1.165, 1.54) is 30.7 Å². The molecule has 0 saturated carbocycles. The Balaban J connectivity index is 2.17. The van der Waals surface area contributed by atoms with Gasteiger partial charge in [-0.25, -0.2) is 8.42 Å². The molecule has 0 aliphatic rings. The van der Waals surface area contributed by atoms with Gasteiger partial charge in [0.1, 0.15) is 5.70 Å². The summed E-state index contributed by atoms with van der Waals surface area (Å²) in [6.07, 6.45) is 3.04. The average molecular weight is 395 g/mol. The van der Waals surface area contributed by atoms with Crippen molar-refractivity contribution in [1.29, 1.82) is 0 Å². The second-order valence-electron chi connectivity index (χ2n) is 5.98. The number of nitrogens with one attached hydrogen (secondary N) is 1. The highest BCUT2D eigenvalue weighted by atomic mass is 32.2. The van der Waals surface area contributed by atoms with Gasteiger partial charge in [0.2, 0.25) is 5.78 Å².